The van der Waals surface area contributed by atoms with E-state index in [-0.39, 0.29) is 11.8 Å². The number of hydrogen-bond acceptors (Lipinski definition) is 3. The van der Waals surface area contributed by atoms with Gasteiger partial charge in [-0.25, -0.2) is 4.98 Å². The molecule has 1 heterocycles. The van der Waals surface area contributed by atoms with Gasteiger partial charge in [0.25, 0.3) is 0 Å². The summed E-state index contributed by atoms with van der Waals surface area (Å²) in [6.45, 7) is 6.73. The van der Waals surface area contributed by atoms with E-state index in [1.165, 1.54) is 0 Å². The largest absolute Gasteiger partial charge is 0.330 e. The number of anilines is 1. The predicted octanol–water partition coefficient (Wildman–Crippen LogP) is 2.34. The highest BCUT2D eigenvalue weighted by Gasteiger charge is 2.14. The van der Waals surface area contributed by atoms with E-state index < -0.39 is 0 Å². The summed E-state index contributed by atoms with van der Waals surface area (Å²) in [5, 5.41) is 2.82. The van der Waals surface area contributed by atoms with Gasteiger partial charge in [0, 0.05) is 12.1 Å². The highest BCUT2D eigenvalue weighted by Crippen LogP contribution is 2.15. The Balaban J connectivity index is 2.50. The topological polar surface area (TPSA) is 68.0 Å². The Morgan fingerprint density at radius 3 is 2.72 bits per heavy atom. The van der Waals surface area contributed by atoms with Gasteiger partial charge in [0.15, 0.2) is 0 Å². The van der Waals surface area contributed by atoms with E-state index in [2.05, 4.69) is 24.1 Å². The first-order chi connectivity index (χ1) is 8.51. The average molecular weight is 249 g/mol. The third-order valence-corrected chi connectivity index (χ3v) is 2.77. The molecule has 1 unspecified atom stereocenters. The number of carbonyl (C=O) groups excluding carboxylic acids is 1. The van der Waals surface area contributed by atoms with Crippen molar-refractivity contribution < 1.29 is 4.79 Å². The minimum atomic E-state index is -0.01000. The molecule has 0 spiro atoms. The zero-order valence-electron chi connectivity index (χ0n) is 11.4. The smallest absolute Gasteiger partial charge is 0.225 e. The molecule has 3 N–H and O–H groups in total. The zero-order valence-corrected chi connectivity index (χ0v) is 11.4. The molecule has 0 saturated carbocycles. The maximum atomic E-state index is 11.9. The summed E-state index contributed by atoms with van der Waals surface area (Å²) in [5.41, 5.74) is 6.59. The van der Waals surface area contributed by atoms with Crippen molar-refractivity contribution in [1.82, 2.24) is 4.98 Å². The van der Waals surface area contributed by atoms with Crippen LogP contribution in [0.3, 0.4) is 0 Å². The fourth-order valence-electron chi connectivity index (χ4n) is 2.00. The first-order valence-electron chi connectivity index (χ1n) is 6.44. The minimum Gasteiger partial charge on any atom is -0.330 e. The van der Waals surface area contributed by atoms with Gasteiger partial charge in [-0.1, -0.05) is 19.9 Å². The Morgan fingerprint density at radius 1 is 1.44 bits per heavy atom. The predicted molar refractivity (Wildman–Crippen MR) is 74.2 cm³/mol. The average Bonchev–Trinajstić information content (AvgIpc) is 2.27. The maximum absolute atomic E-state index is 11.9. The van der Waals surface area contributed by atoms with Crippen LogP contribution in [0, 0.1) is 18.8 Å². The number of nitrogens with zero attached hydrogens (tertiary/aromatic N) is 1. The Labute approximate surface area is 109 Å². The molecule has 1 rings (SSSR count). The summed E-state index contributed by atoms with van der Waals surface area (Å²) >= 11 is 0. The van der Waals surface area contributed by atoms with E-state index in [1.807, 2.05) is 19.1 Å². The number of nitrogens with two attached hydrogens (primary N) is 1. The first kappa shape index (κ1) is 14.6. The lowest BCUT2D eigenvalue weighted by atomic mass is 9.94. The third-order valence-electron chi connectivity index (χ3n) is 2.77. The molecule has 1 amide bonds. The lowest BCUT2D eigenvalue weighted by Crippen LogP contribution is -2.23. The molecule has 4 nitrogen and oxygen atoms in total. The normalized spacial score (nSPS) is 12.5. The molecule has 18 heavy (non-hydrogen) atoms. The van der Waals surface area contributed by atoms with Crippen molar-refractivity contribution >= 4 is 11.7 Å². The monoisotopic (exact) mass is 249 g/mol. The van der Waals surface area contributed by atoms with Gasteiger partial charge in [-0.3, -0.25) is 4.79 Å². The van der Waals surface area contributed by atoms with Gasteiger partial charge >= 0.3 is 0 Å². The van der Waals surface area contributed by atoms with Crippen molar-refractivity contribution in [1.29, 1.82) is 0 Å². The van der Waals surface area contributed by atoms with Gasteiger partial charge in [-0.05, 0) is 43.9 Å². The molecule has 4 heteroatoms. The van der Waals surface area contributed by atoms with Crippen molar-refractivity contribution in [3.05, 3.63) is 23.9 Å². The van der Waals surface area contributed by atoms with Crippen molar-refractivity contribution in [2.24, 2.45) is 17.6 Å². The molecule has 0 bridgehead atoms. The molecule has 0 aliphatic heterocycles. The highest BCUT2D eigenvalue weighted by atomic mass is 16.1. The minimum absolute atomic E-state index is 0.01000. The lowest BCUT2D eigenvalue weighted by Gasteiger charge is -2.16. The molecule has 1 aromatic rings. The van der Waals surface area contributed by atoms with E-state index in [4.69, 9.17) is 5.73 Å². The van der Waals surface area contributed by atoms with Gasteiger partial charge in [0.2, 0.25) is 5.91 Å². The molecule has 1 atom stereocenters. The van der Waals surface area contributed by atoms with Crippen LogP contribution in [0.25, 0.3) is 0 Å². The van der Waals surface area contributed by atoms with Crippen LogP contribution in [0.1, 0.15) is 32.4 Å². The Kier molecular flexibility index (Phi) is 5.78. The Hall–Kier alpha value is -1.42. The van der Waals surface area contributed by atoms with Crippen LogP contribution in [0.5, 0.6) is 0 Å². The second-order valence-corrected chi connectivity index (χ2v) is 5.15. The summed E-state index contributed by atoms with van der Waals surface area (Å²) in [6, 6.07) is 5.58. The van der Waals surface area contributed by atoms with E-state index >= 15 is 0 Å². The van der Waals surface area contributed by atoms with Crippen LogP contribution in [-0.2, 0) is 4.79 Å². The van der Waals surface area contributed by atoms with E-state index in [1.54, 1.807) is 6.07 Å². The molecular weight excluding hydrogens is 226 g/mol. The van der Waals surface area contributed by atoms with E-state index in [9.17, 15) is 4.79 Å². The van der Waals surface area contributed by atoms with Crippen LogP contribution in [0.2, 0.25) is 0 Å². The molecule has 0 aromatic carbocycles. The van der Waals surface area contributed by atoms with Gasteiger partial charge in [0.1, 0.15) is 5.82 Å². The van der Waals surface area contributed by atoms with Crippen molar-refractivity contribution in [3.63, 3.8) is 0 Å². The van der Waals surface area contributed by atoms with Gasteiger partial charge in [-0.2, -0.15) is 0 Å². The van der Waals surface area contributed by atoms with Crippen LogP contribution < -0.4 is 11.1 Å². The summed E-state index contributed by atoms with van der Waals surface area (Å²) < 4.78 is 0. The number of rotatable bonds is 6. The van der Waals surface area contributed by atoms with Crippen molar-refractivity contribution in [3.8, 4) is 0 Å². The Morgan fingerprint density at radius 2 is 2.17 bits per heavy atom. The first-order valence-corrected chi connectivity index (χ1v) is 6.44. The maximum Gasteiger partial charge on any atom is 0.225 e. The molecule has 0 radical (unpaired) electrons. The van der Waals surface area contributed by atoms with Gasteiger partial charge in [0.05, 0.1) is 0 Å². The fourth-order valence-corrected chi connectivity index (χ4v) is 2.00. The molecule has 0 fully saturated rings. The number of hydrogen-bond donors (Lipinski definition) is 2. The number of aromatic nitrogens is 1. The second-order valence-electron chi connectivity index (χ2n) is 5.15. The molecule has 100 valence electrons. The van der Waals surface area contributed by atoms with Gasteiger partial charge in [-0.15, -0.1) is 0 Å². The molecule has 1 aromatic heterocycles. The third kappa shape index (κ3) is 5.27. The number of carbonyl (C=O) groups is 1. The standard InChI is InChI=1S/C14H23N3O/c1-10(2)7-12(9-15)8-14(18)17-13-6-4-5-11(3)16-13/h4-6,10,12H,7-9,15H2,1-3H3,(H,16,17,18). The quantitative estimate of drug-likeness (QED) is 0.813. The van der Waals surface area contributed by atoms with Crippen LogP contribution in [0.4, 0.5) is 5.82 Å². The Bertz CT molecular complexity index is 390. The van der Waals surface area contributed by atoms with Crippen LogP contribution in [-0.4, -0.2) is 17.4 Å². The summed E-state index contributed by atoms with van der Waals surface area (Å²) in [6.07, 6.45) is 1.44. The van der Waals surface area contributed by atoms with Crippen molar-refractivity contribution in [2.45, 2.75) is 33.6 Å². The van der Waals surface area contributed by atoms with E-state index in [0.29, 0.717) is 24.7 Å². The number of amides is 1. The fraction of sp³-hybridized carbons (Fsp3) is 0.571. The summed E-state index contributed by atoms with van der Waals surface area (Å²) in [7, 11) is 0. The summed E-state index contributed by atoms with van der Waals surface area (Å²) in [4.78, 5) is 16.1. The number of nitrogens with one attached hydrogen (secondary N) is 1. The number of pyridine rings is 1. The van der Waals surface area contributed by atoms with Crippen LogP contribution in [0.15, 0.2) is 18.2 Å². The SMILES string of the molecule is Cc1cccc(NC(=O)CC(CN)CC(C)C)n1. The summed E-state index contributed by atoms with van der Waals surface area (Å²) in [5.74, 6) is 1.41. The second kappa shape index (κ2) is 7.11. The molecular formula is C14H23N3O. The van der Waals surface area contributed by atoms with Gasteiger partial charge < -0.3 is 11.1 Å². The van der Waals surface area contributed by atoms with E-state index in [0.717, 1.165) is 12.1 Å². The molecule has 0 aliphatic rings. The highest BCUT2D eigenvalue weighted by molar-refractivity contribution is 5.89. The van der Waals surface area contributed by atoms with Crippen molar-refractivity contribution in [2.75, 3.05) is 11.9 Å². The molecule has 0 saturated heterocycles. The lowest BCUT2D eigenvalue weighted by molar-refractivity contribution is -0.117. The van der Waals surface area contributed by atoms with Crippen LogP contribution >= 0.6 is 0 Å². The zero-order chi connectivity index (χ0) is 13.5. The number of aryl methyl sites for hydroxylation is 1. The molecule has 0 aliphatic carbocycles.